The zero-order valence-corrected chi connectivity index (χ0v) is 6.90. The van der Waals surface area contributed by atoms with E-state index < -0.39 is 10.2 Å². The first-order valence-corrected chi connectivity index (χ1v) is 4.59. The fourth-order valence-corrected chi connectivity index (χ4v) is 1.12. The molecule has 0 radical (unpaired) electrons. The number of nitrogens with zero attached hydrogens (tertiary/aromatic N) is 1. The summed E-state index contributed by atoms with van der Waals surface area (Å²) in [5, 5.41) is 13.6. The van der Waals surface area contributed by atoms with Crippen molar-refractivity contribution in [3.8, 4) is 0 Å². The Balaban J connectivity index is 3.02. The normalized spacial score (nSPS) is 11.2. The Kier molecular flexibility index (Phi) is 2.32. The molecule has 0 heterocycles. The van der Waals surface area contributed by atoms with Gasteiger partial charge >= 0.3 is 10.2 Å². The summed E-state index contributed by atoms with van der Waals surface area (Å²) in [6.07, 6.45) is 0. The third-order valence-corrected chi connectivity index (χ3v) is 1.91. The molecule has 12 heavy (non-hydrogen) atoms. The van der Waals surface area contributed by atoms with Crippen molar-refractivity contribution in [2.45, 2.75) is 0 Å². The summed E-state index contributed by atoms with van der Waals surface area (Å²) in [6.45, 7) is 0. The molecular weight excluding hydrogens is 180 g/mol. The predicted octanol–water partition coefficient (Wildman–Crippen LogP) is 0.0857. The summed E-state index contributed by atoms with van der Waals surface area (Å²) in [5.74, 6) is 0. The minimum Gasteiger partial charge on any atom is -0.273 e. The average Bonchev–Trinajstić information content (AvgIpc) is 2.03. The van der Waals surface area contributed by atoms with E-state index in [0.717, 1.165) is 0 Å². The Morgan fingerprint density at radius 3 is 2.17 bits per heavy atom. The molecule has 0 saturated carbocycles. The minimum absolute atomic E-state index is 0.0208. The van der Waals surface area contributed by atoms with E-state index in [2.05, 4.69) is 5.14 Å². The van der Waals surface area contributed by atoms with E-state index >= 15 is 0 Å². The summed E-state index contributed by atoms with van der Waals surface area (Å²) in [5.41, 5.74) is 0.111. The summed E-state index contributed by atoms with van der Waals surface area (Å²) in [7, 11) is -4.07. The summed E-state index contributed by atoms with van der Waals surface area (Å²) in [6, 6.07) is 7.71. The smallest absolute Gasteiger partial charge is 0.273 e. The Morgan fingerprint density at radius 2 is 1.75 bits per heavy atom. The van der Waals surface area contributed by atoms with Gasteiger partial charge in [-0.25, -0.2) is 5.14 Å². The second-order valence-electron chi connectivity index (χ2n) is 2.12. The SMILES string of the molecule is NS(=O)(=O)N(O)c1ccccc1. The van der Waals surface area contributed by atoms with Gasteiger partial charge in [-0.05, 0) is 12.1 Å². The van der Waals surface area contributed by atoms with E-state index in [4.69, 9.17) is 5.21 Å². The summed E-state index contributed by atoms with van der Waals surface area (Å²) >= 11 is 0. The van der Waals surface area contributed by atoms with Gasteiger partial charge in [0.1, 0.15) is 0 Å². The molecule has 0 bridgehead atoms. The first-order valence-electron chi connectivity index (χ1n) is 3.09. The lowest BCUT2D eigenvalue weighted by atomic mass is 10.3. The quantitative estimate of drug-likeness (QED) is 0.645. The second kappa shape index (κ2) is 3.10. The topological polar surface area (TPSA) is 83.6 Å². The van der Waals surface area contributed by atoms with Gasteiger partial charge in [-0.15, -0.1) is 4.47 Å². The van der Waals surface area contributed by atoms with E-state index in [1.807, 2.05) is 0 Å². The van der Waals surface area contributed by atoms with Gasteiger partial charge in [0.15, 0.2) is 0 Å². The molecule has 3 N–H and O–H groups in total. The standard InChI is InChI=1S/C6H8N2O3S/c7-12(10,11)8(9)6-4-2-1-3-5-6/h1-5,9H,(H2,7,10,11). The van der Waals surface area contributed by atoms with Crippen LogP contribution in [0.2, 0.25) is 0 Å². The highest BCUT2D eigenvalue weighted by Gasteiger charge is 2.13. The number of nitrogens with two attached hydrogens (primary N) is 1. The van der Waals surface area contributed by atoms with Crippen LogP contribution in [0.1, 0.15) is 0 Å². The van der Waals surface area contributed by atoms with Crippen LogP contribution in [0, 0.1) is 0 Å². The Bertz CT molecular complexity index is 348. The Morgan fingerprint density at radius 1 is 1.25 bits per heavy atom. The van der Waals surface area contributed by atoms with Crippen LogP contribution in [0.3, 0.4) is 0 Å². The molecule has 0 unspecified atom stereocenters. The van der Waals surface area contributed by atoms with Gasteiger partial charge in [-0.3, -0.25) is 5.21 Å². The van der Waals surface area contributed by atoms with Crippen LogP contribution >= 0.6 is 0 Å². The molecule has 0 atom stereocenters. The van der Waals surface area contributed by atoms with Gasteiger partial charge < -0.3 is 0 Å². The first kappa shape index (κ1) is 8.98. The van der Waals surface area contributed by atoms with Crippen LogP contribution in [0.4, 0.5) is 5.69 Å². The molecule has 0 amide bonds. The second-order valence-corrected chi connectivity index (χ2v) is 3.50. The molecule has 0 fully saturated rings. The van der Waals surface area contributed by atoms with Crippen LogP contribution in [0.5, 0.6) is 0 Å². The maximum atomic E-state index is 10.6. The molecule has 0 aliphatic carbocycles. The fourth-order valence-electron chi connectivity index (χ4n) is 0.702. The van der Waals surface area contributed by atoms with E-state index in [1.165, 1.54) is 12.1 Å². The number of anilines is 1. The van der Waals surface area contributed by atoms with Crippen LogP contribution in [-0.4, -0.2) is 13.6 Å². The highest BCUT2D eigenvalue weighted by atomic mass is 32.2. The minimum atomic E-state index is -4.07. The van der Waals surface area contributed by atoms with Gasteiger partial charge in [0.05, 0.1) is 5.69 Å². The highest BCUT2D eigenvalue weighted by molar-refractivity contribution is 7.90. The van der Waals surface area contributed by atoms with Crippen molar-refractivity contribution in [1.82, 2.24) is 0 Å². The van der Waals surface area contributed by atoms with Crippen LogP contribution in [0.25, 0.3) is 0 Å². The van der Waals surface area contributed by atoms with Crippen molar-refractivity contribution >= 4 is 15.9 Å². The van der Waals surface area contributed by atoms with Crippen molar-refractivity contribution in [3.63, 3.8) is 0 Å². The molecule has 1 rings (SSSR count). The lowest BCUT2D eigenvalue weighted by Crippen LogP contribution is -2.33. The molecule has 0 aromatic heterocycles. The van der Waals surface area contributed by atoms with Crippen molar-refractivity contribution < 1.29 is 13.6 Å². The molecular formula is C6H8N2O3S. The molecule has 0 spiro atoms. The summed E-state index contributed by atoms with van der Waals surface area (Å²) in [4.78, 5) is 0. The Hall–Kier alpha value is -1.11. The predicted molar refractivity (Wildman–Crippen MR) is 43.8 cm³/mol. The van der Waals surface area contributed by atoms with Gasteiger partial charge in [0.2, 0.25) is 0 Å². The van der Waals surface area contributed by atoms with Gasteiger partial charge in [0, 0.05) is 0 Å². The molecule has 66 valence electrons. The molecule has 0 aliphatic rings. The van der Waals surface area contributed by atoms with Gasteiger partial charge in [-0.2, -0.15) is 8.42 Å². The molecule has 5 nitrogen and oxygen atoms in total. The van der Waals surface area contributed by atoms with Crippen LogP contribution < -0.4 is 9.61 Å². The number of rotatable bonds is 2. The van der Waals surface area contributed by atoms with Crippen molar-refractivity contribution in [1.29, 1.82) is 0 Å². The van der Waals surface area contributed by atoms with Crippen LogP contribution in [-0.2, 0) is 10.2 Å². The zero-order chi connectivity index (χ0) is 9.19. The number of hydrogen-bond donors (Lipinski definition) is 2. The van der Waals surface area contributed by atoms with Crippen molar-refractivity contribution in [3.05, 3.63) is 30.3 Å². The maximum absolute atomic E-state index is 10.6. The van der Waals surface area contributed by atoms with Crippen molar-refractivity contribution in [2.75, 3.05) is 4.47 Å². The molecule has 0 aliphatic heterocycles. The average molecular weight is 188 g/mol. The monoisotopic (exact) mass is 188 g/mol. The largest absolute Gasteiger partial charge is 0.321 e. The van der Waals surface area contributed by atoms with E-state index in [0.29, 0.717) is 0 Å². The first-order chi connectivity index (χ1) is 5.52. The van der Waals surface area contributed by atoms with Crippen LogP contribution in [0.15, 0.2) is 30.3 Å². The van der Waals surface area contributed by atoms with E-state index in [9.17, 15) is 8.42 Å². The van der Waals surface area contributed by atoms with Crippen molar-refractivity contribution in [2.24, 2.45) is 5.14 Å². The highest BCUT2D eigenvalue weighted by Crippen LogP contribution is 2.11. The van der Waals surface area contributed by atoms with Gasteiger partial charge in [0.25, 0.3) is 0 Å². The number of para-hydroxylation sites is 1. The lowest BCUT2D eigenvalue weighted by Gasteiger charge is -2.12. The molecule has 0 saturated heterocycles. The van der Waals surface area contributed by atoms with E-state index in [1.54, 1.807) is 18.2 Å². The number of hydrogen-bond acceptors (Lipinski definition) is 3. The maximum Gasteiger partial charge on any atom is 0.321 e. The van der Waals surface area contributed by atoms with Gasteiger partial charge in [-0.1, -0.05) is 18.2 Å². The fraction of sp³-hybridized carbons (Fsp3) is 0. The zero-order valence-electron chi connectivity index (χ0n) is 6.08. The third kappa shape index (κ3) is 1.94. The lowest BCUT2D eigenvalue weighted by molar-refractivity contribution is 0.316. The third-order valence-electron chi connectivity index (χ3n) is 1.22. The number of benzene rings is 1. The Labute approximate surface area is 70.2 Å². The molecule has 1 aromatic rings. The molecule has 1 aromatic carbocycles. The van der Waals surface area contributed by atoms with E-state index in [-0.39, 0.29) is 10.2 Å². The summed E-state index contributed by atoms with van der Waals surface area (Å²) < 4.78 is 21.2. The molecule has 6 heteroatoms.